The first-order valence-electron chi connectivity index (χ1n) is 8.47. The molecule has 1 saturated carbocycles. The average molecular weight is 400 g/mol. The third-order valence-electron chi connectivity index (χ3n) is 4.67. The zero-order chi connectivity index (χ0) is 20.7. The van der Waals surface area contributed by atoms with E-state index in [1.165, 1.54) is 19.1 Å². The average Bonchev–Trinajstić information content (AvgIpc) is 3.33. The summed E-state index contributed by atoms with van der Waals surface area (Å²) in [6.07, 6.45) is -4.39. The van der Waals surface area contributed by atoms with Gasteiger partial charge in [0.05, 0.1) is 23.3 Å². The van der Waals surface area contributed by atoms with Crippen LogP contribution in [0.2, 0.25) is 0 Å². The number of hydrogen-bond donors (Lipinski definition) is 2. The number of nitrogens with one attached hydrogen (secondary N) is 1. The molecule has 150 valence electrons. The zero-order valence-electron chi connectivity index (χ0n) is 14.8. The molecule has 1 aromatic carbocycles. The van der Waals surface area contributed by atoms with E-state index in [-0.39, 0.29) is 11.3 Å². The molecule has 1 atom stereocenters. The first-order valence-corrected chi connectivity index (χ1v) is 8.47. The number of hydrogen-bond acceptors (Lipinski definition) is 3. The van der Waals surface area contributed by atoms with Crippen molar-refractivity contribution < 1.29 is 31.9 Å². The van der Waals surface area contributed by atoms with Crippen LogP contribution in [0.3, 0.4) is 0 Å². The quantitative estimate of drug-likeness (QED) is 0.751. The van der Waals surface area contributed by atoms with E-state index in [1.54, 1.807) is 0 Å². The Morgan fingerprint density at radius 3 is 2.46 bits per heavy atom. The second-order valence-corrected chi connectivity index (χ2v) is 7.11. The van der Waals surface area contributed by atoms with Gasteiger partial charge in [-0.05, 0) is 38.0 Å². The van der Waals surface area contributed by atoms with E-state index in [2.05, 4.69) is 10.3 Å². The van der Waals surface area contributed by atoms with Gasteiger partial charge in [0.1, 0.15) is 17.3 Å². The Hall–Kier alpha value is -2.55. The minimum absolute atomic E-state index is 0.0725. The van der Waals surface area contributed by atoms with Gasteiger partial charge in [0.25, 0.3) is 0 Å². The summed E-state index contributed by atoms with van der Waals surface area (Å²) in [6, 6.07) is 6.03. The number of alkyl halides is 3. The van der Waals surface area contributed by atoms with Crippen molar-refractivity contribution in [3.8, 4) is 0 Å². The number of rotatable bonds is 5. The highest BCUT2D eigenvalue weighted by Gasteiger charge is 2.48. The van der Waals surface area contributed by atoms with Crippen molar-refractivity contribution >= 4 is 5.91 Å². The molecule has 1 aliphatic carbocycles. The Morgan fingerprint density at radius 2 is 1.89 bits per heavy atom. The van der Waals surface area contributed by atoms with Crippen LogP contribution < -0.4 is 5.32 Å². The molecule has 1 aromatic heterocycles. The molecule has 1 amide bonds. The number of carbonyl (C=O) groups is 1. The standard InChI is InChI=1S/C19H17F5N2O2/c1-17(28,12-6-5-11(20)9-13(12)21)10-16(27)26-18(7-8-18)14-3-2-4-15(25-14)19(22,23)24/h2-6,9,28H,7-8,10H2,1H3,(H,26,27)/t17-/m0/s1. The fourth-order valence-electron chi connectivity index (χ4n) is 3.07. The molecule has 2 N–H and O–H groups in total. The molecule has 0 radical (unpaired) electrons. The van der Waals surface area contributed by atoms with Gasteiger partial charge in [-0.25, -0.2) is 13.8 Å². The number of amides is 1. The van der Waals surface area contributed by atoms with Gasteiger partial charge in [-0.1, -0.05) is 12.1 Å². The number of aromatic nitrogens is 1. The van der Waals surface area contributed by atoms with E-state index in [4.69, 9.17) is 0 Å². The van der Waals surface area contributed by atoms with Gasteiger partial charge in [-0.2, -0.15) is 13.2 Å². The molecule has 0 aliphatic heterocycles. The SMILES string of the molecule is C[C@](O)(CC(=O)NC1(c2cccc(C(F)(F)F)n2)CC1)c1ccc(F)cc1F. The van der Waals surface area contributed by atoms with Crippen molar-refractivity contribution in [2.75, 3.05) is 0 Å². The predicted octanol–water partition coefficient (Wildman–Crippen LogP) is 3.78. The van der Waals surface area contributed by atoms with Crippen molar-refractivity contribution in [1.29, 1.82) is 0 Å². The molecule has 0 bridgehead atoms. The fraction of sp³-hybridized carbons (Fsp3) is 0.368. The number of nitrogens with zero attached hydrogens (tertiary/aromatic N) is 1. The summed E-state index contributed by atoms with van der Waals surface area (Å²) in [4.78, 5) is 16.0. The monoisotopic (exact) mass is 400 g/mol. The van der Waals surface area contributed by atoms with Crippen LogP contribution in [0.5, 0.6) is 0 Å². The lowest BCUT2D eigenvalue weighted by Crippen LogP contribution is -2.40. The maximum Gasteiger partial charge on any atom is 0.433 e. The van der Waals surface area contributed by atoms with E-state index >= 15 is 0 Å². The highest BCUT2D eigenvalue weighted by Crippen LogP contribution is 2.45. The summed E-state index contributed by atoms with van der Waals surface area (Å²) in [5, 5.41) is 13.1. The van der Waals surface area contributed by atoms with Crippen LogP contribution in [0.1, 0.15) is 43.1 Å². The Bertz CT molecular complexity index is 907. The van der Waals surface area contributed by atoms with E-state index < -0.39 is 47.0 Å². The highest BCUT2D eigenvalue weighted by atomic mass is 19.4. The number of aliphatic hydroxyl groups is 1. The van der Waals surface area contributed by atoms with E-state index in [9.17, 15) is 31.9 Å². The molecule has 0 spiro atoms. The first kappa shape index (κ1) is 20.2. The minimum Gasteiger partial charge on any atom is -0.385 e. The Kier molecular flexibility index (Phi) is 4.91. The summed E-state index contributed by atoms with van der Waals surface area (Å²) in [6.45, 7) is 1.20. The molecule has 1 aliphatic rings. The highest BCUT2D eigenvalue weighted by molar-refractivity contribution is 5.78. The molecule has 3 rings (SSSR count). The van der Waals surface area contributed by atoms with Crippen molar-refractivity contribution in [1.82, 2.24) is 10.3 Å². The molecular weight excluding hydrogens is 383 g/mol. The van der Waals surface area contributed by atoms with Crippen molar-refractivity contribution in [2.45, 2.75) is 43.5 Å². The molecule has 2 aromatic rings. The molecule has 28 heavy (non-hydrogen) atoms. The normalized spacial score (nSPS) is 17.7. The summed E-state index contributed by atoms with van der Waals surface area (Å²) >= 11 is 0. The smallest absolute Gasteiger partial charge is 0.385 e. The number of pyridine rings is 1. The second-order valence-electron chi connectivity index (χ2n) is 7.11. The Labute approximate surface area is 157 Å². The molecular formula is C19H17F5N2O2. The summed E-state index contributed by atoms with van der Waals surface area (Å²) in [5.41, 5.74) is -4.23. The first-order chi connectivity index (χ1) is 12.9. The number of benzene rings is 1. The largest absolute Gasteiger partial charge is 0.433 e. The molecule has 0 unspecified atom stereocenters. The molecule has 1 fully saturated rings. The topological polar surface area (TPSA) is 62.2 Å². The van der Waals surface area contributed by atoms with Crippen LogP contribution in [0.25, 0.3) is 0 Å². The van der Waals surface area contributed by atoms with Crippen LogP contribution in [0.15, 0.2) is 36.4 Å². The van der Waals surface area contributed by atoms with Gasteiger partial charge < -0.3 is 10.4 Å². The van der Waals surface area contributed by atoms with Crippen molar-refractivity contribution in [2.24, 2.45) is 0 Å². The maximum atomic E-state index is 13.9. The molecule has 0 saturated heterocycles. The lowest BCUT2D eigenvalue weighted by molar-refractivity contribution is -0.141. The Balaban J connectivity index is 1.76. The predicted molar refractivity (Wildman–Crippen MR) is 88.8 cm³/mol. The lowest BCUT2D eigenvalue weighted by Gasteiger charge is -2.26. The van der Waals surface area contributed by atoms with Crippen LogP contribution in [0.4, 0.5) is 22.0 Å². The van der Waals surface area contributed by atoms with Gasteiger partial charge in [0.15, 0.2) is 0 Å². The van der Waals surface area contributed by atoms with Crippen LogP contribution >= 0.6 is 0 Å². The third-order valence-corrected chi connectivity index (χ3v) is 4.67. The summed E-state index contributed by atoms with van der Waals surface area (Å²) in [7, 11) is 0. The minimum atomic E-state index is -4.61. The van der Waals surface area contributed by atoms with Gasteiger partial charge in [0.2, 0.25) is 5.91 Å². The van der Waals surface area contributed by atoms with Gasteiger partial charge >= 0.3 is 6.18 Å². The van der Waals surface area contributed by atoms with Crippen molar-refractivity contribution in [3.05, 3.63) is 65.0 Å². The third kappa shape index (κ3) is 4.14. The Morgan fingerprint density at radius 1 is 1.21 bits per heavy atom. The van der Waals surface area contributed by atoms with E-state index in [1.807, 2.05) is 0 Å². The van der Waals surface area contributed by atoms with Gasteiger partial charge in [-0.3, -0.25) is 4.79 Å². The zero-order valence-corrected chi connectivity index (χ0v) is 14.8. The summed E-state index contributed by atoms with van der Waals surface area (Å²) < 4.78 is 65.6. The number of halogens is 5. The van der Waals surface area contributed by atoms with Crippen LogP contribution in [-0.4, -0.2) is 16.0 Å². The lowest BCUT2D eigenvalue weighted by atomic mass is 9.91. The summed E-state index contributed by atoms with van der Waals surface area (Å²) in [5.74, 6) is -2.52. The molecule has 1 heterocycles. The molecule has 4 nitrogen and oxygen atoms in total. The van der Waals surface area contributed by atoms with Crippen LogP contribution in [0, 0.1) is 11.6 Å². The van der Waals surface area contributed by atoms with Gasteiger partial charge in [0, 0.05) is 11.6 Å². The van der Waals surface area contributed by atoms with E-state index in [0.29, 0.717) is 18.9 Å². The fourth-order valence-corrected chi connectivity index (χ4v) is 3.07. The van der Waals surface area contributed by atoms with Gasteiger partial charge in [-0.15, -0.1) is 0 Å². The maximum absolute atomic E-state index is 13.9. The second kappa shape index (κ2) is 6.80. The molecule has 9 heteroatoms. The van der Waals surface area contributed by atoms with Crippen molar-refractivity contribution in [3.63, 3.8) is 0 Å². The van der Waals surface area contributed by atoms with Crippen LogP contribution in [-0.2, 0) is 22.1 Å². The van der Waals surface area contributed by atoms with E-state index in [0.717, 1.165) is 18.2 Å². The number of carbonyl (C=O) groups excluding carboxylic acids is 1.